The summed E-state index contributed by atoms with van der Waals surface area (Å²) in [6.45, 7) is 10.4. The van der Waals surface area contributed by atoms with Crippen LogP contribution >= 0.6 is 0 Å². The monoisotopic (exact) mass is 448 g/mol. The Bertz CT molecular complexity index is 505. The van der Waals surface area contributed by atoms with Crippen LogP contribution in [0.2, 0.25) is 0 Å². The fraction of sp³-hybridized carbons (Fsp3) is 0.821. The Kier molecular flexibility index (Phi) is 17.2. The van der Waals surface area contributed by atoms with Gasteiger partial charge in [-0.1, -0.05) is 89.5 Å². The quantitative estimate of drug-likeness (QED) is 0.105. The number of amides is 1. The molecule has 0 saturated carbocycles. The van der Waals surface area contributed by atoms with E-state index < -0.39 is 0 Å². The van der Waals surface area contributed by atoms with Gasteiger partial charge >= 0.3 is 0 Å². The van der Waals surface area contributed by atoms with Crippen molar-refractivity contribution in [2.75, 3.05) is 19.6 Å². The van der Waals surface area contributed by atoms with E-state index in [9.17, 15) is 4.79 Å². The van der Waals surface area contributed by atoms with E-state index in [0.29, 0.717) is 6.17 Å². The molecule has 1 rings (SSSR count). The second-order valence-electron chi connectivity index (χ2n) is 9.79. The molecule has 0 spiro atoms. The zero-order valence-corrected chi connectivity index (χ0v) is 21.5. The van der Waals surface area contributed by atoms with Gasteiger partial charge in [0.25, 0.3) is 0 Å². The normalized spacial score (nSPS) is 19.8. The van der Waals surface area contributed by atoms with Gasteiger partial charge in [0.1, 0.15) is 12.7 Å². The average Bonchev–Trinajstić information content (AvgIpc) is 3.18. The number of carbonyl (C=O) groups is 1. The molecule has 32 heavy (non-hydrogen) atoms. The van der Waals surface area contributed by atoms with Gasteiger partial charge in [-0.15, -0.1) is 6.58 Å². The van der Waals surface area contributed by atoms with Crippen molar-refractivity contribution in [2.45, 2.75) is 129 Å². The third-order valence-electron chi connectivity index (χ3n) is 7.16. The van der Waals surface area contributed by atoms with Crippen molar-refractivity contribution in [1.82, 2.24) is 10.6 Å². The molecule has 0 saturated heterocycles. The number of hydrogen-bond donors (Lipinski definition) is 2. The lowest BCUT2D eigenvalue weighted by Crippen LogP contribution is -2.55. The number of quaternary nitrogens is 1. The topological polar surface area (TPSA) is 41.1 Å². The van der Waals surface area contributed by atoms with Crippen LogP contribution in [0.1, 0.15) is 123 Å². The number of nitrogens with one attached hydrogen (secondary N) is 2. The Balaban J connectivity index is 1.92. The fourth-order valence-corrected chi connectivity index (χ4v) is 4.97. The molecule has 0 aromatic rings. The molecule has 2 unspecified atom stereocenters. The van der Waals surface area contributed by atoms with E-state index in [1.54, 1.807) is 6.92 Å². The van der Waals surface area contributed by atoms with Crippen molar-refractivity contribution < 1.29 is 9.28 Å². The zero-order chi connectivity index (χ0) is 23.3. The molecule has 4 heteroatoms. The molecule has 2 atom stereocenters. The summed E-state index contributed by atoms with van der Waals surface area (Å²) in [5.74, 6) is 0.0671. The average molecular weight is 449 g/mol. The number of allylic oxidation sites excluding steroid dienone is 1. The smallest absolute Gasteiger partial charge is 0.217 e. The fourth-order valence-electron chi connectivity index (χ4n) is 4.97. The second-order valence-corrected chi connectivity index (χ2v) is 9.79. The summed E-state index contributed by atoms with van der Waals surface area (Å²) < 4.78 is 0.954. The van der Waals surface area contributed by atoms with E-state index in [-0.39, 0.29) is 5.91 Å². The highest BCUT2D eigenvalue weighted by atomic mass is 16.1. The van der Waals surface area contributed by atoms with Crippen LogP contribution in [0.4, 0.5) is 0 Å². The van der Waals surface area contributed by atoms with E-state index in [1.165, 1.54) is 109 Å². The molecule has 1 aliphatic heterocycles. The Labute approximate surface area is 199 Å². The molecule has 2 N–H and O–H groups in total. The lowest BCUT2D eigenvalue weighted by molar-refractivity contribution is -0.898. The lowest BCUT2D eigenvalue weighted by atomic mass is 10.0. The molecule has 0 fully saturated rings. The number of rotatable bonds is 22. The lowest BCUT2D eigenvalue weighted by Gasteiger charge is -2.37. The van der Waals surface area contributed by atoms with Crippen LogP contribution in [-0.4, -0.2) is 36.2 Å². The number of carbonyl (C=O) groups excluding carboxylic acids is 1. The van der Waals surface area contributed by atoms with Gasteiger partial charge < -0.3 is 10.6 Å². The van der Waals surface area contributed by atoms with Crippen molar-refractivity contribution in [3.8, 4) is 0 Å². The Morgan fingerprint density at radius 2 is 1.41 bits per heavy atom. The van der Waals surface area contributed by atoms with Crippen molar-refractivity contribution >= 4 is 5.91 Å². The first-order valence-corrected chi connectivity index (χ1v) is 13.8. The van der Waals surface area contributed by atoms with Gasteiger partial charge in [0.15, 0.2) is 6.17 Å². The van der Waals surface area contributed by atoms with E-state index in [0.717, 1.165) is 24.1 Å². The predicted molar refractivity (Wildman–Crippen MR) is 139 cm³/mol. The number of nitrogens with zero attached hydrogens (tertiary/aromatic N) is 1. The van der Waals surface area contributed by atoms with Crippen molar-refractivity contribution in [3.05, 3.63) is 25.1 Å². The molecule has 1 aliphatic rings. The molecular formula is C28H54N3O+. The highest BCUT2D eigenvalue weighted by Crippen LogP contribution is 2.23. The summed E-state index contributed by atoms with van der Waals surface area (Å²) in [5.41, 5.74) is 0. The minimum absolute atomic E-state index is 0.0671. The first kappa shape index (κ1) is 28.7. The first-order chi connectivity index (χ1) is 15.6. The maximum atomic E-state index is 11.2. The van der Waals surface area contributed by atoms with Crippen molar-refractivity contribution in [2.24, 2.45) is 0 Å². The Morgan fingerprint density at radius 3 is 1.88 bits per heavy atom. The van der Waals surface area contributed by atoms with Crippen LogP contribution in [0.15, 0.2) is 25.1 Å². The van der Waals surface area contributed by atoms with Gasteiger partial charge in [-0.05, 0) is 26.2 Å². The molecular weight excluding hydrogens is 394 g/mol. The highest BCUT2D eigenvalue weighted by molar-refractivity contribution is 5.72. The van der Waals surface area contributed by atoms with E-state index >= 15 is 0 Å². The molecule has 0 aromatic carbocycles. The van der Waals surface area contributed by atoms with Crippen LogP contribution in [0.25, 0.3) is 0 Å². The predicted octanol–water partition coefficient (Wildman–Crippen LogP) is 7.18. The molecule has 1 heterocycles. The SMILES string of the molecule is C=CCCCCCCCCCCCCCCCCCC1NC=C[N+]1(CC)CCNC(C)=O. The van der Waals surface area contributed by atoms with Crippen LogP contribution in [-0.2, 0) is 4.79 Å². The summed E-state index contributed by atoms with van der Waals surface area (Å²) in [6.07, 6.45) is 30.3. The zero-order valence-electron chi connectivity index (χ0n) is 21.5. The van der Waals surface area contributed by atoms with Crippen LogP contribution < -0.4 is 10.6 Å². The van der Waals surface area contributed by atoms with Crippen LogP contribution in [0, 0.1) is 0 Å². The van der Waals surface area contributed by atoms with Gasteiger partial charge in [-0.3, -0.25) is 9.28 Å². The Hall–Kier alpha value is -1.29. The van der Waals surface area contributed by atoms with Crippen LogP contribution in [0.5, 0.6) is 0 Å². The maximum absolute atomic E-state index is 11.2. The molecule has 4 nitrogen and oxygen atoms in total. The minimum Gasteiger partial charge on any atom is -0.351 e. The van der Waals surface area contributed by atoms with Gasteiger partial charge in [0, 0.05) is 13.3 Å². The number of likely N-dealkylation sites (N-methyl/N-ethyl adjacent to an activating group) is 1. The number of hydrogen-bond acceptors (Lipinski definition) is 2. The van der Waals surface area contributed by atoms with Crippen molar-refractivity contribution in [3.63, 3.8) is 0 Å². The molecule has 1 amide bonds. The molecule has 0 radical (unpaired) electrons. The van der Waals surface area contributed by atoms with Gasteiger partial charge in [-0.2, -0.15) is 0 Å². The highest BCUT2D eigenvalue weighted by Gasteiger charge is 2.36. The first-order valence-electron chi connectivity index (χ1n) is 13.8. The Morgan fingerprint density at radius 1 is 0.906 bits per heavy atom. The molecule has 0 bridgehead atoms. The third-order valence-corrected chi connectivity index (χ3v) is 7.16. The second kappa shape index (κ2) is 19.2. The molecule has 0 aromatic heterocycles. The summed E-state index contributed by atoms with van der Waals surface area (Å²) in [7, 11) is 0. The third kappa shape index (κ3) is 13.3. The maximum Gasteiger partial charge on any atom is 0.217 e. The largest absolute Gasteiger partial charge is 0.351 e. The van der Waals surface area contributed by atoms with Gasteiger partial charge in [0.2, 0.25) is 5.91 Å². The summed E-state index contributed by atoms with van der Waals surface area (Å²) >= 11 is 0. The molecule has 0 aliphatic carbocycles. The summed E-state index contributed by atoms with van der Waals surface area (Å²) in [6, 6.07) is 0. The van der Waals surface area contributed by atoms with E-state index in [1.807, 2.05) is 6.08 Å². The molecule has 186 valence electrons. The van der Waals surface area contributed by atoms with E-state index in [4.69, 9.17) is 0 Å². The van der Waals surface area contributed by atoms with E-state index in [2.05, 4.69) is 36.5 Å². The standard InChI is InChI=1S/C28H53N3O/c1-4-6-7-8-9-10-11-12-13-14-15-16-17-18-19-20-21-22-28-30-24-26-31(28,5-2)25-23-29-27(3)32/h4,24,26,28,30H,1,5-23,25H2,2-3H3/p+1. The summed E-state index contributed by atoms with van der Waals surface area (Å²) in [4.78, 5) is 11.2. The van der Waals surface area contributed by atoms with Crippen LogP contribution in [0.3, 0.4) is 0 Å². The van der Waals surface area contributed by atoms with Gasteiger partial charge in [0.05, 0.1) is 19.3 Å². The summed E-state index contributed by atoms with van der Waals surface area (Å²) in [5, 5.41) is 6.53. The number of unbranched alkanes of at least 4 members (excludes halogenated alkanes) is 15. The minimum atomic E-state index is 0.0671. The van der Waals surface area contributed by atoms with Gasteiger partial charge in [-0.25, -0.2) is 0 Å². The van der Waals surface area contributed by atoms with Crippen molar-refractivity contribution in [1.29, 1.82) is 0 Å².